The lowest BCUT2D eigenvalue weighted by Gasteiger charge is -2.05. The van der Waals surface area contributed by atoms with Crippen LogP contribution in [-0.4, -0.2) is 9.78 Å². The number of furan rings is 1. The van der Waals surface area contributed by atoms with E-state index in [2.05, 4.69) is 12.1 Å². The monoisotopic (exact) mass is 418 g/mol. The summed E-state index contributed by atoms with van der Waals surface area (Å²) < 4.78 is 8.07. The van der Waals surface area contributed by atoms with Gasteiger partial charge in [-0.15, -0.1) is 0 Å². The van der Waals surface area contributed by atoms with Gasteiger partial charge in [-0.3, -0.25) is 4.68 Å². The van der Waals surface area contributed by atoms with Gasteiger partial charge >= 0.3 is 0 Å². The van der Waals surface area contributed by atoms with Crippen molar-refractivity contribution in [1.82, 2.24) is 9.78 Å². The van der Waals surface area contributed by atoms with Crippen LogP contribution in [0.15, 0.2) is 89.3 Å². The van der Waals surface area contributed by atoms with Crippen LogP contribution >= 0.6 is 23.2 Å². The standard InChI is InChI=1S/C24H16Cl2N2O/c25-19-10-18(11-20(26)13-19)21-14-22(24-12-17-8-4-5-9-23(17)29-24)28(27-21)15-16-6-2-1-3-7-16/h1-14H,15H2. The molecule has 0 fully saturated rings. The van der Waals surface area contributed by atoms with Crippen LogP contribution < -0.4 is 0 Å². The second-order valence-electron chi connectivity index (χ2n) is 6.86. The van der Waals surface area contributed by atoms with Crippen LogP contribution in [0, 0.1) is 0 Å². The lowest BCUT2D eigenvalue weighted by atomic mass is 10.1. The van der Waals surface area contributed by atoms with Crippen molar-refractivity contribution < 1.29 is 4.42 Å². The first-order valence-corrected chi connectivity index (χ1v) is 9.98. The molecule has 0 aliphatic rings. The van der Waals surface area contributed by atoms with E-state index < -0.39 is 0 Å². The molecule has 29 heavy (non-hydrogen) atoms. The third-order valence-electron chi connectivity index (χ3n) is 4.79. The molecule has 142 valence electrons. The Morgan fingerprint density at radius 2 is 1.52 bits per heavy atom. The summed E-state index contributed by atoms with van der Waals surface area (Å²) >= 11 is 12.4. The molecule has 5 rings (SSSR count). The Hall–Kier alpha value is -3.01. The third kappa shape index (κ3) is 3.67. The Labute approximate surface area is 178 Å². The first kappa shape index (κ1) is 18.0. The molecule has 0 radical (unpaired) electrons. The molecule has 0 saturated heterocycles. The average Bonchev–Trinajstić information content (AvgIpc) is 3.32. The minimum atomic E-state index is 0.579. The van der Waals surface area contributed by atoms with E-state index in [-0.39, 0.29) is 0 Å². The molecule has 0 aliphatic heterocycles. The van der Waals surface area contributed by atoms with E-state index in [0.717, 1.165) is 39.2 Å². The van der Waals surface area contributed by atoms with E-state index in [1.165, 1.54) is 0 Å². The maximum absolute atomic E-state index is 6.21. The first-order valence-electron chi connectivity index (χ1n) is 9.23. The second kappa shape index (κ2) is 7.43. The maximum Gasteiger partial charge on any atom is 0.153 e. The van der Waals surface area contributed by atoms with Crippen molar-refractivity contribution in [2.75, 3.05) is 0 Å². The second-order valence-corrected chi connectivity index (χ2v) is 7.74. The fraction of sp³-hybridized carbons (Fsp3) is 0.0417. The predicted octanol–water partition coefficient (Wildman–Crippen LogP) is 7.32. The van der Waals surface area contributed by atoms with Crippen molar-refractivity contribution in [3.63, 3.8) is 0 Å². The van der Waals surface area contributed by atoms with Crippen LogP contribution in [0.3, 0.4) is 0 Å². The molecule has 5 aromatic rings. The highest BCUT2D eigenvalue weighted by Crippen LogP contribution is 2.33. The Balaban J connectivity index is 1.65. The fourth-order valence-electron chi connectivity index (χ4n) is 3.44. The van der Waals surface area contributed by atoms with E-state index in [4.69, 9.17) is 32.7 Å². The Bertz CT molecular complexity index is 1250. The summed E-state index contributed by atoms with van der Waals surface area (Å²) in [6, 6.07) is 27.7. The topological polar surface area (TPSA) is 31.0 Å². The summed E-state index contributed by atoms with van der Waals surface area (Å²) in [7, 11) is 0. The third-order valence-corrected chi connectivity index (χ3v) is 5.23. The van der Waals surface area contributed by atoms with Gasteiger partial charge in [0.15, 0.2) is 5.76 Å². The fourth-order valence-corrected chi connectivity index (χ4v) is 3.97. The van der Waals surface area contributed by atoms with Gasteiger partial charge in [0.05, 0.1) is 12.2 Å². The highest BCUT2D eigenvalue weighted by molar-refractivity contribution is 6.35. The van der Waals surface area contributed by atoms with Crippen LogP contribution in [0.2, 0.25) is 10.0 Å². The van der Waals surface area contributed by atoms with Gasteiger partial charge in [-0.25, -0.2) is 0 Å². The molecule has 0 N–H and O–H groups in total. The molecule has 3 nitrogen and oxygen atoms in total. The van der Waals surface area contributed by atoms with Crippen molar-refractivity contribution in [1.29, 1.82) is 0 Å². The van der Waals surface area contributed by atoms with E-state index in [0.29, 0.717) is 16.6 Å². The molecule has 0 amide bonds. The number of hydrogen-bond acceptors (Lipinski definition) is 2. The number of halogens is 2. The number of aromatic nitrogens is 2. The van der Waals surface area contributed by atoms with Gasteiger partial charge in [0, 0.05) is 21.0 Å². The molecule has 0 bridgehead atoms. The van der Waals surface area contributed by atoms with Crippen molar-refractivity contribution in [2.24, 2.45) is 0 Å². The van der Waals surface area contributed by atoms with Crippen LogP contribution in [-0.2, 0) is 6.54 Å². The highest BCUT2D eigenvalue weighted by atomic mass is 35.5. The zero-order valence-electron chi connectivity index (χ0n) is 15.3. The Kier molecular flexibility index (Phi) is 4.62. The van der Waals surface area contributed by atoms with Gasteiger partial charge in [0.1, 0.15) is 11.3 Å². The number of fused-ring (bicyclic) bond motifs is 1. The van der Waals surface area contributed by atoms with E-state index in [9.17, 15) is 0 Å². The molecule has 5 heteroatoms. The molecule has 2 aromatic heterocycles. The van der Waals surface area contributed by atoms with Crippen LogP contribution in [0.4, 0.5) is 0 Å². The van der Waals surface area contributed by atoms with Crippen LogP contribution in [0.1, 0.15) is 5.56 Å². The molecular formula is C24H16Cl2N2O. The minimum Gasteiger partial charge on any atom is -0.454 e. The first-order chi connectivity index (χ1) is 14.2. The largest absolute Gasteiger partial charge is 0.454 e. The highest BCUT2D eigenvalue weighted by Gasteiger charge is 2.16. The van der Waals surface area contributed by atoms with Gasteiger partial charge in [0.2, 0.25) is 0 Å². The van der Waals surface area contributed by atoms with Crippen molar-refractivity contribution in [3.8, 4) is 22.7 Å². The Morgan fingerprint density at radius 1 is 0.793 bits per heavy atom. The zero-order chi connectivity index (χ0) is 19.8. The Morgan fingerprint density at radius 3 is 2.28 bits per heavy atom. The zero-order valence-corrected chi connectivity index (χ0v) is 16.9. The quantitative estimate of drug-likeness (QED) is 0.306. The normalized spacial score (nSPS) is 11.2. The maximum atomic E-state index is 6.21. The summed E-state index contributed by atoms with van der Waals surface area (Å²) in [4.78, 5) is 0. The molecular weight excluding hydrogens is 403 g/mol. The summed E-state index contributed by atoms with van der Waals surface area (Å²) in [5.74, 6) is 0.772. The molecule has 2 heterocycles. The number of hydrogen-bond donors (Lipinski definition) is 0. The van der Waals surface area contributed by atoms with Gasteiger partial charge in [-0.1, -0.05) is 71.7 Å². The number of benzene rings is 3. The van der Waals surface area contributed by atoms with E-state index in [1.54, 1.807) is 6.07 Å². The average molecular weight is 419 g/mol. The lowest BCUT2D eigenvalue weighted by Crippen LogP contribution is -2.03. The summed E-state index contributed by atoms with van der Waals surface area (Å²) in [5, 5.41) is 7.06. The molecule has 0 aliphatic carbocycles. The minimum absolute atomic E-state index is 0.579. The van der Waals surface area contributed by atoms with Gasteiger partial charge in [-0.2, -0.15) is 5.10 Å². The van der Waals surface area contributed by atoms with Crippen molar-refractivity contribution in [3.05, 3.63) is 101 Å². The number of rotatable bonds is 4. The van der Waals surface area contributed by atoms with Crippen LogP contribution in [0.25, 0.3) is 33.7 Å². The van der Waals surface area contributed by atoms with Gasteiger partial charge in [-0.05, 0) is 42.0 Å². The lowest BCUT2D eigenvalue weighted by molar-refractivity contribution is 0.609. The molecule has 0 unspecified atom stereocenters. The summed E-state index contributed by atoms with van der Waals surface area (Å²) in [5.41, 5.74) is 4.56. The summed E-state index contributed by atoms with van der Waals surface area (Å²) in [6.07, 6.45) is 0. The predicted molar refractivity (Wildman–Crippen MR) is 118 cm³/mol. The molecule has 0 atom stereocenters. The van der Waals surface area contributed by atoms with E-state index in [1.807, 2.05) is 71.4 Å². The van der Waals surface area contributed by atoms with E-state index >= 15 is 0 Å². The molecule has 3 aromatic carbocycles. The van der Waals surface area contributed by atoms with Crippen LogP contribution in [0.5, 0.6) is 0 Å². The van der Waals surface area contributed by atoms with Gasteiger partial charge < -0.3 is 4.42 Å². The van der Waals surface area contributed by atoms with Crippen molar-refractivity contribution >= 4 is 34.2 Å². The summed E-state index contributed by atoms with van der Waals surface area (Å²) in [6.45, 7) is 0.627. The number of para-hydroxylation sites is 1. The smallest absolute Gasteiger partial charge is 0.153 e. The molecule has 0 spiro atoms. The van der Waals surface area contributed by atoms with Crippen molar-refractivity contribution in [2.45, 2.75) is 6.54 Å². The van der Waals surface area contributed by atoms with Gasteiger partial charge in [0.25, 0.3) is 0 Å². The number of nitrogens with zero attached hydrogens (tertiary/aromatic N) is 2. The molecule has 0 saturated carbocycles. The SMILES string of the molecule is Clc1cc(Cl)cc(-c2cc(-c3cc4ccccc4o3)n(Cc3ccccc3)n2)c1.